The number of pyridine rings is 1. The SMILES string of the molecule is Clc1ccc([C@H]2CNCCN2)c(Cl)n1. The Morgan fingerprint density at radius 3 is 2.79 bits per heavy atom. The minimum atomic E-state index is 0.237. The Morgan fingerprint density at radius 2 is 2.14 bits per heavy atom. The number of halogens is 2. The smallest absolute Gasteiger partial charge is 0.135 e. The molecule has 3 nitrogen and oxygen atoms in total. The molecule has 1 saturated heterocycles. The lowest BCUT2D eigenvalue weighted by molar-refractivity contribution is 0.429. The van der Waals surface area contributed by atoms with Gasteiger partial charge in [0.25, 0.3) is 0 Å². The summed E-state index contributed by atoms with van der Waals surface area (Å²) in [6, 6.07) is 3.92. The molecule has 1 aromatic rings. The van der Waals surface area contributed by atoms with Crippen molar-refractivity contribution in [1.29, 1.82) is 0 Å². The Bertz CT molecular complexity index is 324. The molecule has 0 spiro atoms. The summed E-state index contributed by atoms with van der Waals surface area (Å²) in [4.78, 5) is 4.01. The second kappa shape index (κ2) is 4.45. The molecule has 0 amide bonds. The van der Waals surface area contributed by atoms with Crippen LogP contribution in [0.5, 0.6) is 0 Å². The van der Waals surface area contributed by atoms with Crippen LogP contribution in [0.25, 0.3) is 0 Å². The predicted octanol–water partition coefficient (Wildman–Crippen LogP) is 1.62. The summed E-state index contributed by atoms with van der Waals surface area (Å²) in [6.45, 7) is 2.82. The summed E-state index contributed by atoms with van der Waals surface area (Å²) in [5.41, 5.74) is 1.00. The summed E-state index contributed by atoms with van der Waals surface area (Å²) >= 11 is 11.7. The molecule has 0 radical (unpaired) electrons. The molecule has 0 unspecified atom stereocenters. The van der Waals surface area contributed by atoms with E-state index in [0.29, 0.717) is 10.3 Å². The van der Waals surface area contributed by atoms with Gasteiger partial charge >= 0.3 is 0 Å². The summed E-state index contributed by atoms with van der Waals surface area (Å²) < 4.78 is 0. The maximum absolute atomic E-state index is 6.00. The average molecular weight is 232 g/mol. The molecular formula is C9H11Cl2N3. The second-order valence-electron chi connectivity index (χ2n) is 3.22. The second-order valence-corrected chi connectivity index (χ2v) is 3.97. The molecule has 5 heteroatoms. The van der Waals surface area contributed by atoms with Crippen LogP contribution < -0.4 is 10.6 Å². The van der Waals surface area contributed by atoms with Crippen LogP contribution in [0.4, 0.5) is 0 Å². The maximum atomic E-state index is 6.00. The van der Waals surface area contributed by atoms with E-state index >= 15 is 0 Å². The van der Waals surface area contributed by atoms with Crippen molar-refractivity contribution in [3.63, 3.8) is 0 Å². The summed E-state index contributed by atoms with van der Waals surface area (Å²) in [5.74, 6) is 0. The predicted molar refractivity (Wildman–Crippen MR) is 57.9 cm³/mol. The van der Waals surface area contributed by atoms with Crippen molar-refractivity contribution in [1.82, 2.24) is 15.6 Å². The number of piperazine rings is 1. The number of hydrogen-bond acceptors (Lipinski definition) is 3. The van der Waals surface area contributed by atoms with E-state index in [1.165, 1.54) is 0 Å². The fourth-order valence-electron chi connectivity index (χ4n) is 1.56. The van der Waals surface area contributed by atoms with Crippen molar-refractivity contribution in [2.75, 3.05) is 19.6 Å². The molecule has 2 heterocycles. The minimum absolute atomic E-state index is 0.237. The number of nitrogens with one attached hydrogen (secondary N) is 2. The van der Waals surface area contributed by atoms with Gasteiger partial charge in [-0.15, -0.1) is 0 Å². The summed E-state index contributed by atoms with van der Waals surface area (Å²) in [5, 5.41) is 7.58. The van der Waals surface area contributed by atoms with E-state index in [0.717, 1.165) is 25.2 Å². The monoisotopic (exact) mass is 231 g/mol. The number of nitrogens with zero attached hydrogens (tertiary/aromatic N) is 1. The molecule has 1 atom stereocenters. The van der Waals surface area contributed by atoms with Gasteiger partial charge in [-0.3, -0.25) is 0 Å². The van der Waals surface area contributed by atoms with Gasteiger partial charge in [-0.1, -0.05) is 29.3 Å². The van der Waals surface area contributed by atoms with E-state index in [1.807, 2.05) is 6.07 Å². The zero-order chi connectivity index (χ0) is 9.97. The first-order chi connectivity index (χ1) is 6.77. The van der Waals surface area contributed by atoms with Crippen molar-refractivity contribution in [2.24, 2.45) is 0 Å². The number of hydrogen-bond donors (Lipinski definition) is 2. The van der Waals surface area contributed by atoms with Gasteiger partial charge in [-0.2, -0.15) is 0 Å². The van der Waals surface area contributed by atoms with Crippen molar-refractivity contribution in [2.45, 2.75) is 6.04 Å². The molecule has 14 heavy (non-hydrogen) atoms. The van der Waals surface area contributed by atoms with Crippen LogP contribution in [0.15, 0.2) is 12.1 Å². The third kappa shape index (κ3) is 2.17. The fourth-order valence-corrected chi connectivity index (χ4v) is 2.03. The van der Waals surface area contributed by atoms with E-state index in [2.05, 4.69) is 15.6 Å². The molecule has 76 valence electrons. The quantitative estimate of drug-likeness (QED) is 0.722. The first-order valence-corrected chi connectivity index (χ1v) is 5.29. The van der Waals surface area contributed by atoms with Crippen molar-refractivity contribution < 1.29 is 0 Å². The molecular weight excluding hydrogens is 221 g/mol. The van der Waals surface area contributed by atoms with Crippen molar-refractivity contribution in [3.8, 4) is 0 Å². The highest BCUT2D eigenvalue weighted by molar-refractivity contribution is 6.32. The standard InChI is InChI=1S/C9H11Cl2N3/c10-8-2-1-6(9(11)14-8)7-5-12-3-4-13-7/h1-2,7,12-13H,3-5H2/t7-/m1/s1. The minimum Gasteiger partial charge on any atom is -0.314 e. The maximum Gasteiger partial charge on any atom is 0.135 e. The molecule has 0 bridgehead atoms. The van der Waals surface area contributed by atoms with Crippen LogP contribution in [0.3, 0.4) is 0 Å². The van der Waals surface area contributed by atoms with Gasteiger partial charge in [0.15, 0.2) is 0 Å². The fraction of sp³-hybridized carbons (Fsp3) is 0.444. The van der Waals surface area contributed by atoms with E-state index in [9.17, 15) is 0 Å². The molecule has 0 aliphatic carbocycles. The van der Waals surface area contributed by atoms with Gasteiger partial charge in [-0.25, -0.2) is 4.98 Å². The van der Waals surface area contributed by atoms with Crippen molar-refractivity contribution >= 4 is 23.2 Å². The lowest BCUT2D eigenvalue weighted by atomic mass is 10.1. The van der Waals surface area contributed by atoms with E-state index in [1.54, 1.807) is 6.07 Å². The molecule has 1 fully saturated rings. The van der Waals surface area contributed by atoms with Gasteiger partial charge in [0.1, 0.15) is 10.3 Å². The molecule has 1 aromatic heterocycles. The Hall–Kier alpha value is -0.350. The largest absolute Gasteiger partial charge is 0.314 e. The van der Waals surface area contributed by atoms with Crippen LogP contribution >= 0.6 is 23.2 Å². The highest BCUT2D eigenvalue weighted by Gasteiger charge is 2.17. The Morgan fingerprint density at radius 1 is 1.29 bits per heavy atom. The van der Waals surface area contributed by atoms with Crippen LogP contribution in [0.2, 0.25) is 10.3 Å². The molecule has 1 aliphatic heterocycles. The average Bonchev–Trinajstić information content (AvgIpc) is 2.19. The third-order valence-corrected chi connectivity index (χ3v) is 2.77. The summed E-state index contributed by atoms with van der Waals surface area (Å²) in [6.07, 6.45) is 0. The van der Waals surface area contributed by atoms with Gasteiger partial charge < -0.3 is 10.6 Å². The topological polar surface area (TPSA) is 37.0 Å². The first kappa shape index (κ1) is 10.2. The van der Waals surface area contributed by atoms with E-state index < -0.39 is 0 Å². The molecule has 1 aliphatic rings. The van der Waals surface area contributed by atoms with Gasteiger partial charge in [0.2, 0.25) is 0 Å². The van der Waals surface area contributed by atoms with Crippen LogP contribution in [-0.2, 0) is 0 Å². The molecule has 0 aromatic carbocycles. The van der Waals surface area contributed by atoms with Crippen LogP contribution in [-0.4, -0.2) is 24.6 Å². The Labute approximate surface area is 92.8 Å². The Kier molecular flexibility index (Phi) is 3.23. The summed E-state index contributed by atoms with van der Waals surface area (Å²) in [7, 11) is 0. The highest BCUT2D eigenvalue weighted by atomic mass is 35.5. The lowest BCUT2D eigenvalue weighted by Gasteiger charge is -2.25. The Balaban J connectivity index is 2.22. The van der Waals surface area contributed by atoms with Crippen molar-refractivity contribution in [3.05, 3.63) is 28.0 Å². The highest BCUT2D eigenvalue weighted by Crippen LogP contribution is 2.23. The molecule has 2 N–H and O–H groups in total. The normalized spacial score (nSPS) is 22.3. The van der Waals surface area contributed by atoms with Gasteiger partial charge in [-0.05, 0) is 6.07 Å². The van der Waals surface area contributed by atoms with Gasteiger partial charge in [0, 0.05) is 31.2 Å². The molecule has 2 rings (SSSR count). The van der Waals surface area contributed by atoms with E-state index in [-0.39, 0.29) is 6.04 Å². The third-order valence-electron chi connectivity index (χ3n) is 2.26. The number of aromatic nitrogens is 1. The number of rotatable bonds is 1. The lowest BCUT2D eigenvalue weighted by Crippen LogP contribution is -2.42. The van der Waals surface area contributed by atoms with Gasteiger partial charge in [0.05, 0.1) is 0 Å². The van der Waals surface area contributed by atoms with Crippen LogP contribution in [0.1, 0.15) is 11.6 Å². The zero-order valence-corrected chi connectivity index (χ0v) is 9.07. The zero-order valence-electron chi connectivity index (χ0n) is 7.56. The first-order valence-electron chi connectivity index (χ1n) is 4.53. The molecule has 0 saturated carbocycles. The van der Waals surface area contributed by atoms with Crippen LogP contribution in [0, 0.1) is 0 Å². The van der Waals surface area contributed by atoms with E-state index in [4.69, 9.17) is 23.2 Å².